The maximum absolute atomic E-state index is 10.7. The first-order valence-corrected chi connectivity index (χ1v) is 6.91. The van der Waals surface area contributed by atoms with Crippen LogP contribution in [0.5, 0.6) is 5.75 Å². The molecule has 0 fully saturated rings. The molecule has 0 saturated carbocycles. The molecule has 0 spiro atoms. The molecule has 0 atom stereocenters. The average molecular weight is 265 g/mol. The van der Waals surface area contributed by atoms with E-state index in [-0.39, 0.29) is 5.56 Å². The molecule has 106 valence electrons. The van der Waals surface area contributed by atoms with E-state index in [0.717, 1.165) is 13.1 Å². The number of rotatable bonds is 10. The number of carboxylic acid groups (broad SMARTS) is 1. The lowest BCUT2D eigenvalue weighted by molar-refractivity contribution is 0.0697. The number of nitrogens with one attached hydrogen (secondary N) is 1. The standard InChI is InChI=1S/C15H23NO3/c1-2-3-4-5-10-16-11-12-19-14-8-6-13(7-9-14)15(17)18/h6-9,16H,2-5,10-12H2,1H3,(H,17,18). The smallest absolute Gasteiger partial charge is 0.335 e. The molecule has 0 aliphatic carbocycles. The van der Waals surface area contributed by atoms with E-state index in [1.165, 1.54) is 25.7 Å². The van der Waals surface area contributed by atoms with Gasteiger partial charge in [-0.1, -0.05) is 26.2 Å². The van der Waals surface area contributed by atoms with Crippen LogP contribution >= 0.6 is 0 Å². The van der Waals surface area contributed by atoms with E-state index < -0.39 is 5.97 Å². The number of hydrogen-bond acceptors (Lipinski definition) is 3. The van der Waals surface area contributed by atoms with Gasteiger partial charge in [0.1, 0.15) is 12.4 Å². The highest BCUT2D eigenvalue weighted by atomic mass is 16.5. The third-order valence-corrected chi connectivity index (χ3v) is 2.86. The lowest BCUT2D eigenvalue weighted by atomic mass is 10.2. The third-order valence-electron chi connectivity index (χ3n) is 2.86. The van der Waals surface area contributed by atoms with Crippen molar-refractivity contribution in [2.24, 2.45) is 0 Å². The lowest BCUT2D eigenvalue weighted by Gasteiger charge is -2.07. The summed E-state index contributed by atoms with van der Waals surface area (Å²) in [7, 11) is 0. The van der Waals surface area contributed by atoms with Gasteiger partial charge in [-0.3, -0.25) is 0 Å². The maximum Gasteiger partial charge on any atom is 0.335 e. The van der Waals surface area contributed by atoms with Crippen molar-refractivity contribution in [2.45, 2.75) is 32.6 Å². The van der Waals surface area contributed by atoms with Gasteiger partial charge < -0.3 is 15.2 Å². The zero-order valence-corrected chi connectivity index (χ0v) is 11.5. The van der Waals surface area contributed by atoms with Gasteiger partial charge in [-0.2, -0.15) is 0 Å². The van der Waals surface area contributed by atoms with Crippen LogP contribution in [-0.2, 0) is 0 Å². The summed E-state index contributed by atoms with van der Waals surface area (Å²) in [6, 6.07) is 6.47. The predicted octanol–water partition coefficient (Wildman–Crippen LogP) is 2.93. The van der Waals surface area contributed by atoms with E-state index in [1.54, 1.807) is 24.3 Å². The second kappa shape index (κ2) is 9.39. The van der Waals surface area contributed by atoms with E-state index in [1.807, 2.05) is 0 Å². The molecule has 1 aromatic carbocycles. The number of ether oxygens (including phenoxy) is 1. The Labute approximate surface area is 114 Å². The summed E-state index contributed by atoms with van der Waals surface area (Å²) in [5.41, 5.74) is 0.279. The Morgan fingerprint density at radius 3 is 2.53 bits per heavy atom. The van der Waals surface area contributed by atoms with Gasteiger partial charge in [-0.15, -0.1) is 0 Å². The average Bonchev–Trinajstić information content (AvgIpc) is 2.42. The second-order valence-electron chi connectivity index (χ2n) is 4.49. The predicted molar refractivity (Wildman–Crippen MR) is 75.9 cm³/mol. The summed E-state index contributed by atoms with van der Waals surface area (Å²) in [6.07, 6.45) is 5.05. The molecular formula is C15H23NO3. The first kappa shape index (κ1) is 15.5. The number of aromatic carboxylic acids is 1. The summed E-state index contributed by atoms with van der Waals surface area (Å²) in [4.78, 5) is 10.7. The van der Waals surface area contributed by atoms with Crippen LogP contribution in [0.1, 0.15) is 43.0 Å². The largest absolute Gasteiger partial charge is 0.492 e. The summed E-state index contributed by atoms with van der Waals surface area (Å²) in [5.74, 6) is -0.210. The van der Waals surface area contributed by atoms with Crippen molar-refractivity contribution in [3.8, 4) is 5.75 Å². The van der Waals surface area contributed by atoms with Crippen molar-refractivity contribution < 1.29 is 14.6 Å². The Morgan fingerprint density at radius 2 is 1.89 bits per heavy atom. The minimum absolute atomic E-state index is 0.279. The molecule has 0 heterocycles. The van der Waals surface area contributed by atoms with Gasteiger partial charge in [0.25, 0.3) is 0 Å². The van der Waals surface area contributed by atoms with Crippen molar-refractivity contribution in [3.63, 3.8) is 0 Å². The van der Waals surface area contributed by atoms with Crippen LogP contribution in [0.4, 0.5) is 0 Å². The van der Waals surface area contributed by atoms with Crippen LogP contribution in [0.25, 0.3) is 0 Å². The Balaban J connectivity index is 2.07. The Hall–Kier alpha value is -1.55. The van der Waals surface area contributed by atoms with Crippen molar-refractivity contribution in [1.29, 1.82) is 0 Å². The van der Waals surface area contributed by atoms with Gasteiger partial charge in [0.15, 0.2) is 0 Å². The Kier molecular flexibility index (Phi) is 7.66. The SMILES string of the molecule is CCCCCCNCCOc1ccc(C(=O)O)cc1. The molecule has 0 amide bonds. The van der Waals surface area contributed by atoms with Crippen LogP contribution in [0, 0.1) is 0 Å². The molecule has 0 aliphatic heterocycles. The van der Waals surface area contributed by atoms with Crippen LogP contribution in [-0.4, -0.2) is 30.8 Å². The molecule has 2 N–H and O–H groups in total. The summed E-state index contributed by atoms with van der Waals surface area (Å²) >= 11 is 0. The maximum atomic E-state index is 10.7. The number of unbranched alkanes of at least 4 members (excludes halogenated alkanes) is 3. The minimum Gasteiger partial charge on any atom is -0.492 e. The van der Waals surface area contributed by atoms with Gasteiger partial charge in [0.2, 0.25) is 0 Å². The van der Waals surface area contributed by atoms with Crippen molar-refractivity contribution >= 4 is 5.97 Å². The van der Waals surface area contributed by atoms with E-state index in [0.29, 0.717) is 12.4 Å². The van der Waals surface area contributed by atoms with Crippen LogP contribution in [0.15, 0.2) is 24.3 Å². The van der Waals surface area contributed by atoms with Crippen LogP contribution in [0.2, 0.25) is 0 Å². The molecule has 0 radical (unpaired) electrons. The monoisotopic (exact) mass is 265 g/mol. The van der Waals surface area contributed by atoms with E-state index in [2.05, 4.69) is 12.2 Å². The Morgan fingerprint density at radius 1 is 1.16 bits per heavy atom. The molecule has 0 saturated heterocycles. The fraction of sp³-hybridized carbons (Fsp3) is 0.533. The van der Waals surface area contributed by atoms with Gasteiger partial charge >= 0.3 is 5.97 Å². The van der Waals surface area contributed by atoms with E-state index >= 15 is 0 Å². The molecule has 19 heavy (non-hydrogen) atoms. The topological polar surface area (TPSA) is 58.6 Å². The van der Waals surface area contributed by atoms with Crippen LogP contribution in [0.3, 0.4) is 0 Å². The first-order chi connectivity index (χ1) is 9.24. The summed E-state index contributed by atoms with van der Waals surface area (Å²) < 4.78 is 5.51. The van der Waals surface area contributed by atoms with Gasteiger partial charge in [-0.05, 0) is 37.2 Å². The fourth-order valence-corrected chi connectivity index (χ4v) is 1.74. The molecule has 4 heteroatoms. The second-order valence-corrected chi connectivity index (χ2v) is 4.49. The van der Waals surface area contributed by atoms with E-state index in [4.69, 9.17) is 9.84 Å². The highest BCUT2D eigenvalue weighted by Gasteiger charge is 2.01. The molecule has 1 aromatic rings. The highest BCUT2D eigenvalue weighted by Crippen LogP contribution is 2.11. The molecular weight excluding hydrogens is 242 g/mol. The fourth-order valence-electron chi connectivity index (χ4n) is 1.74. The first-order valence-electron chi connectivity index (χ1n) is 6.91. The van der Waals surface area contributed by atoms with Crippen molar-refractivity contribution in [2.75, 3.05) is 19.7 Å². The van der Waals surface area contributed by atoms with Gasteiger partial charge in [0.05, 0.1) is 5.56 Å². The zero-order chi connectivity index (χ0) is 13.9. The summed E-state index contributed by atoms with van der Waals surface area (Å²) in [5, 5.41) is 12.1. The molecule has 0 bridgehead atoms. The number of carboxylic acids is 1. The Bertz CT molecular complexity index is 362. The van der Waals surface area contributed by atoms with Crippen LogP contribution < -0.4 is 10.1 Å². The molecule has 0 aromatic heterocycles. The summed E-state index contributed by atoms with van der Waals surface area (Å²) in [6.45, 7) is 4.64. The molecule has 0 unspecified atom stereocenters. The van der Waals surface area contributed by atoms with Gasteiger partial charge in [-0.25, -0.2) is 4.79 Å². The van der Waals surface area contributed by atoms with Crippen molar-refractivity contribution in [3.05, 3.63) is 29.8 Å². The van der Waals surface area contributed by atoms with Gasteiger partial charge in [0, 0.05) is 6.54 Å². The number of hydrogen-bond donors (Lipinski definition) is 2. The normalized spacial score (nSPS) is 10.4. The molecule has 4 nitrogen and oxygen atoms in total. The lowest BCUT2D eigenvalue weighted by Crippen LogP contribution is -2.22. The number of carbonyl (C=O) groups is 1. The number of benzene rings is 1. The molecule has 0 aliphatic rings. The molecule has 1 rings (SSSR count). The third kappa shape index (κ3) is 6.82. The van der Waals surface area contributed by atoms with Crippen molar-refractivity contribution in [1.82, 2.24) is 5.32 Å². The van der Waals surface area contributed by atoms with E-state index in [9.17, 15) is 4.79 Å². The zero-order valence-electron chi connectivity index (χ0n) is 11.5. The minimum atomic E-state index is -0.916. The highest BCUT2D eigenvalue weighted by molar-refractivity contribution is 5.87. The quantitative estimate of drug-likeness (QED) is 0.639.